The van der Waals surface area contributed by atoms with Crippen LogP contribution in [0.4, 0.5) is 4.79 Å². The number of aryl methyl sites for hydroxylation is 1. The Morgan fingerprint density at radius 1 is 0.840 bits per heavy atom. The van der Waals surface area contributed by atoms with E-state index in [-0.39, 0.29) is 6.61 Å². The number of ether oxygens (including phenoxy) is 1. The van der Waals surface area contributed by atoms with E-state index in [0.29, 0.717) is 5.56 Å². The third kappa shape index (κ3) is 10.4. The van der Waals surface area contributed by atoms with Crippen LogP contribution in [0.5, 0.6) is 0 Å². The lowest BCUT2D eigenvalue weighted by atomic mass is 10.1. The Balaban J connectivity index is 1.98. The number of hydrogen-bond acceptors (Lipinski definition) is 6. The van der Waals surface area contributed by atoms with Gasteiger partial charge in [-0.25, -0.2) is 14.5 Å². The topological polar surface area (TPSA) is 71.1 Å². The number of rotatable bonds is 12. The van der Waals surface area contributed by atoms with Gasteiger partial charge in [-0.2, -0.15) is 0 Å². The van der Waals surface area contributed by atoms with Crippen molar-refractivity contribution in [3.05, 3.63) is 35.4 Å². The number of unbranched alkanes of at least 4 members (excludes halogenated alkanes) is 7. The van der Waals surface area contributed by atoms with Crippen LogP contribution < -0.4 is 0 Å². The van der Waals surface area contributed by atoms with Crippen molar-refractivity contribution in [2.24, 2.45) is 0 Å². The predicted octanol–water partition coefficient (Wildman–Crippen LogP) is 5.29. The standard InChI is InChI=1S/C19H28O6/c1-3-4-5-6-7-8-9-10-15-22-19(21)24-25-23-18(20)17-13-11-16(2)12-14-17/h11-14H,3-10,15H2,1-2H3. The normalized spacial score (nSPS) is 10.3. The van der Waals surface area contributed by atoms with Crippen molar-refractivity contribution < 1.29 is 29.1 Å². The summed E-state index contributed by atoms with van der Waals surface area (Å²) in [4.78, 5) is 31.4. The summed E-state index contributed by atoms with van der Waals surface area (Å²) in [6.45, 7) is 4.35. The number of carbonyl (C=O) groups excluding carboxylic acids is 2. The maximum atomic E-state index is 11.6. The second-order valence-corrected chi connectivity index (χ2v) is 5.96. The molecule has 0 aromatic heterocycles. The van der Waals surface area contributed by atoms with Gasteiger partial charge in [0, 0.05) is 0 Å². The van der Waals surface area contributed by atoms with Gasteiger partial charge in [0.2, 0.25) is 0 Å². The van der Waals surface area contributed by atoms with Gasteiger partial charge in [-0.05, 0) is 25.5 Å². The summed E-state index contributed by atoms with van der Waals surface area (Å²) in [6, 6.07) is 6.69. The second kappa shape index (κ2) is 13.2. The Morgan fingerprint density at radius 3 is 2.08 bits per heavy atom. The van der Waals surface area contributed by atoms with E-state index < -0.39 is 12.1 Å². The molecule has 0 aliphatic rings. The number of carbonyl (C=O) groups is 2. The SMILES string of the molecule is CCCCCCCCCCOC(=O)OOOC(=O)c1ccc(C)cc1. The van der Waals surface area contributed by atoms with E-state index in [0.717, 1.165) is 24.8 Å². The van der Waals surface area contributed by atoms with Crippen LogP contribution in [-0.2, 0) is 19.6 Å². The molecule has 1 aromatic rings. The molecule has 0 saturated carbocycles. The molecule has 6 heteroatoms. The zero-order valence-electron chi connectivity index (χ0n) is 15.1. The summed E-state index contributed by atoms with van der Waals surface area (Å²) >= 11 is 0. The molecule has 25 heavy (non-hydrogen) atoms. The molecule has 0 radical (unpaired) electrons. The molecule has 0 heterocycles. The third-order valence-electron chi connectivity index (χ3n) is 3.72. The van der Waals surface area contributed by atoms with Gasteiger partial charge in [0.15, 0.2) is 0 Å². The zero-order valence-corrected chi connectivity index (χ0v) is 15.1. The van der Waals surface area contributed by atoms with E-state index in [2.05, 4.69) is 21.7 Å². The van der Waals surface area contributed by atoms with Gasteiger partial charge in [-0.15, -0.1) is 0 Å². The minimum Gasteiger partial charge on any atom is -0.432 e. The molecule has 0 amide bonds. The minimum atomic E-state index is -1.03. The molecule has 1 aromatic carbocycles. The van der Waals surface area contributed by atoms with Crippen molar-refractivity contribution in [2.45, 2.75) is 65.2 Å². The summed E-state index contributed by atoms with van der Waals surface area (Å²) in [7, 11) is 0. The van der Waals surface area contributed by atoms with Crippen molar-refractivity contribution >= 4 is 12.1 Å². The number of benzene rings is 1. The summed E-state index contributed by atoms with van der Waals surface area (Å²) in [5.41, 5.74) is 1.31. The van der Waals surface area contributed by atoms with Crippen LogP contribution in [0.25, 0.3) is 0 Å². The highest BCUT2D eigenvalue weighted by Crippen LogP contribution is 2.09. The van der Waals surface area contributed by atoms with E-state index >= 15 is 0 Å². The number of hydrogen-bond donors (Lipinski definition) is 0. The molecule has 6 nitrogen and oxygen atoms in total. The average molecular weight is 352 g/mol. The molecule has 1 rings (SSSR count). The highest BCUT2D eigenvalue weighted by molar-refractivity contribution is 5.88. The van der Waals surface area contributed by atoms with Crippen molar-refractivity contribution in [3.63, 3.8) is 0 Å². The van der Waals surface area contributed by atoms with Gasteiger partial charge < -0.3 is 4.74 Å². The van der Waals surface area contributed by atoms with Crippen molar-refractivity contribution in [1.29, 1.82) is 0 Å². The predicted molar refractivity (Wildman–Crippen MR) is 92.7 cm³/mol. The molecular formula is C19H28O6. The second-order valence-electron chi connectivity index (χ2n) is 5.96. The molecule has 0 aliphatic heterocycles. The molecule has 0 atom stereocenters. The van der Waals surface area contributed by atoms with Crippen LogP contribution in [0.3, 0.4) is 0 Å². The van der Waals surface area contributed by atoms with Gasteiger partial charge in [0.25, 0.3) is 0 Å². The molecule has 0 aliphatic carbocycles. The summed E-state index contributed by atoms with van der Waals surface area (Å²) < 4.78 is 4.81. The quantitative estimate of drug-likeness (QED) is 0.220. The summed E-state index contributed by atoms with van der Waals surface area (Å²) in [6.07, 6.45) is 8.18. The molecular weight excluding hydrogens is 324 g/mol. The van der Waals surface area contributed by atoms with E-state index in [4.69, 9.17) is 4.74 Å². The Morgan fingerprint density at radius 2 is 1.44 bits per heavy atom. The van der Waals surface area contributed by atoms with E-state index in [1.165, 1.54) is 32.1 Å². The Kier molecular flexibility index (Phi) is 11.1. The van der Waals surface area contributed by atoms with Crippen molar-refractivity contribution in [2.75, 3.05) is 6.61 Å². The summed E-state index contributed by atoms with van der Waals surface area (Å²) in [5, 5.41) is 4.15. The monoisotopic (exact) mass is 352 g/mol. The molecule has 0 N–H and O–H groups in total. The minimum absolute atomic E-state index is 0.253. The first-order valence-corrected chi connectivity index (χ1v) is 8.92. The van der Waals surface area contributed by atoms with Gasteiger partial charge in [-0.3, -0.25) is 4.89 Å². The Bertz CT molecular complexity index is 497. The lowest BCUT2D eigenvalue weighted by Gasteiger charge is -2.04. The van der Waals surface area contributed by atoms with E-state index in [1.807, 2.05) is 6.92 Å². The molecule has 0 bridgehead atoms. The molecule has 0 fully saturated rings. The average Bonchev–Trinajstić information content (AvgIpc) is 2.61. The van der Waals surface area contributed by atoms with Crippen LogP contribution in [0.1, 0.15) is 74.2 Å². The first-order chi connectivity index (χ1) is 12.1. The van der Waals surface area contributed by atoms with Crippen LogP contribution in [-0.4, -0.2) is 18.7 Å². The van der Waals surface area contributed by atoms with Crippen LogP contribution in [0.15, 0.2) is 24.3 Å². The zero-order chi connectivity index (χ0) is 18.3. The Hall–Kier alpha value is -2.08. The van der Waals surface area contributed by atoms with Crippen LogP contribution in [0.2, 0.25) is 0 Å². The van der Waals surface area contributed by atoms with Gasteiger partial charge in [0.05, 0.1) is 17.2 Å². The van der Waals surface area contributed by atoms with Crippen LogP contribution in [0, 0.1) is 6.92 Å². The van der Waals surface area contributed by atoms with Gasteiger partial charge in [0.1, 0.15) is 0 Å². The van der Waals surface area contributed by atoms with E-state index in [9.17, 15) is 9.59 Å². The highest BCUT2D eigenvalue weighted by atomic mass is 17.5. The van der Waals surface area contributed by atoms with Gasteiger partial charge >= 0.3 is 12.1 Å². The van der Waals surface area contributed by atoms with E-state index in [1.54, 1.807) is 24.3 Å². The fraction of sp³-hybridized carbons (Fsp3) is 0.579. The summed E-state index contributed by atoms with van der Waals surface area (Å²) in [5.74, 6) is -0.754. The lowest BCUT2D eigenvalue weighted by Crippen LogP contribution is -2.12. The van der Waals surface area contributed by atoms with Crippen molar-refractivity contribution in [3.8, 4) is 0 Å². The highest BCUT2D eigenvalue weighted by Gasteiger charge is 2.11. The van der Waals surface area contributed by atoms with Gasteiger partial charge in [-0.1, -0.05) is 69.6 Å². The largest absolute Gasteiger partial charge is 0.543 e. The third-order valence-corrected chi connectivity index (χ3v) is 3.72. The van der Waals surface area contributed by atoms with Crippen LogP contribution >= 0.6 is 0 Å². The lowest BCUT2D eigenvalue weighted by molar-refractivity contribution is -0.452. The first-order valence-electron chi connectivity index (χ1n) is 8.92. The fourth-order valence-electron chi connectivity index (χ4n) is 2.23. The maximum absolute atomic E-state index is 11.6. The molecule has 0 saturated heterocycles. The molecule has 140 valence electrons. The smallest absolute Gasteiger partial charge is 0.432 e. The molecule has 0 spiro atoms. The molecule has 0 unspecified atom stereocenters. The fourth-order valence-corrected chi connectivity index (χ4v) is 2.23. The maximum Gasteiger partial charge on any atom is 0.543 e. The van der Waals surface area contributed by atoms with Crippen molar-refractivity contribution in [1.82, 2.24) is 0 Å². The first kappa shape index (κ1) is 21.0. The Labute approximate surface area is 149 Å².